The molecule has 1 heterocycles. The number of nitriles is 1. The second kappa shape index (κ2) is 8.16. The van der Waals surface area contributed by atoms with Gasteiger partial charge < -0.3 is 0 Å². The smallest absolute Gasteiger partial charge is 0.293 e. The maximum Gasteiger partial charge on any atom is 0.416 e. The minimum Gasteiger partial charge on any atom is -0.293 e. The van der Waals surface area contributed by atoms with E-state index in [0.717, 1.165) is 41.1 Å². The van der Waals surface area contributed by atoms with Gasteiger partial charge in [-0.25, -0.2) is 9.97 Å². The molecule has 0 saturated carbocycles. The lowest BCUT2D eigenvalue weighted by Gasteiger charge is -2.45. The predicted octanol–water partition coefficient (Wildman–Crippen LogP) is 6.32. The number of halogens is 3. The van der Waals surface area contributed by atoms with Crippen LogP contribution >= 0.6 is 0 Å². The Morgan fingerprint density at radius 1 is 1.03 bits per heavy atom. The molecule has 0 saturated heterocycles. The lowest BCUT2D eigenvalue weighted by Crippen LogP contribution is -2.46. The average molecular weight is 473 g/mol. The Morgan fingerprint density at radius 3 is 2.34 bits per heavy atom. The molecule has 176 valence electrons. The van der Waals surface area contributed by atoms with Crippen molar-refractivity contribution >= 4 is 5.78 Å². The van der Waals surface area contributed by atoms with Crippen LogP contribution < -0.4 is 0 Å². The number of Topliss-reactive ketones (excluding diaryl/α,β-unsaturated/α-hetero) is 1. The van der Waals surface area contributed by atoms with Gasteiger partial charge in [0, 0.05) is 28.0 Å². The highest BCUT2D eigenvalue weighted by atomic mass is 19.4. The number of alkyl halides is 3. The summed E-state index contributed by atoms with van der Waals surface area (Å²) in [5.74, 6) is -0.218. The van der Waals surface area contributed by atoms with E-state index in [-0.39, 0.29) is 23.2 Å². The molecule has 0 radical (unpaired) electrons. The Hall–Kier alpha value is -3.79. The van der Waals surface area contributed by atoms with Gasteiger partial charge in [0.25, 0.3) is 0 Å². The fraction of sp³-hybridized carbons (Fsp3) is 0.286. The number of carbonyl (C=O) groups excluding carboxylic acids is 1. The highest BCUT2D eigenvalue weighted by Gasteiger charge is 2.49. The monoisotopic (exact) mass is 473 g/mol. The summed E-state index contributed by atoms with van der Waals surface area (Å²) < 4.78 is 39.3. The number of ketones is 1. The zero-order valence-electron chi connectivity index (χ0n) is 19.2. The van der Waals surface area contributed by atoms with Crippen molar-refractivity contribution in [2.45, 2.75) is 38.3 Å². The maximum absolute atomic E-state index is 13.1. The summed E-state index contributed by atoms with van der Waals surface area (Å²) in [5.41, 5.74) is 2.45. The third kappa shape index (κ3) is 3.74. The summed E-state index contributed by atoms with van der Waals surface area (Å²) in [6, 6.07) is 16.5. The van der Waals surface area contributed by atoms with Gasteiger partial charge in [-0.15, -0.1) is 0 Å². The van der Waals surface area contributed by atoms with Gasteiger partial charge in [0.2, 0.25) is 0 Å². The zero-order valence-corrected chi connectivity index (χ0v) is 19.2. The van der Waals surface area contributed by atoms with E-state index < -0.39 is 17.2 Å². The van der Waals surface area contributed by atoms with Gasteiger partial charge in [0.05, 0.1) is 22.5 Å². The molecular weight excluding hydrogens is 451 g/mol. The van der Waals surface area contributed by atoms with Gasteiger partial charge in [0.15, 0.2) is 11.6 Å². The minimum atomic E-state index is -4.44. The number of carbonyl (C=O) groups is 1. The molecule has 4 nitrogen and oxygen atoms in total. The molecule has 2 aliphatic rings. The lowest BCUT2D eigenvalue weighted by atomic mass is 9.57. The van der Waals surface area contributed by atoms with Gasteiger partial charge in [-0.1, -0.05) is 62.4 Å². The first-order valence-electron chi connectivity index (χ1n) is 11.4. The first kappa shape index (κ1) is 23.0. The summed E-state index contributed by atoms with van der Waals surface area (Å²) in [7, 11) is 0. The van der Waals surface area contributed by atoms with Crippen molar-refractivity contribution in [2.75, 3.05) is 0 Å². The molecular formula is C28H22F3N3O. The lowest BCUT2D eigenvalue weighted by molar-refractivity contribution is -0.137. The molecule has 0 N–H and O–H groups in total. The number of hydrogen-bond donors (Lipinski definition) is 0. The quantitative estimate of drug-likeness (QED) is 0.437. The van der Waals surface area contributed by atoms with Crippen LogP contribution in [-0.2, 0) is 22.8 Å². The maximum atomic E-state index is 13.1. The third-order valence-electron chi connectivity index (χ3n) is 7.36. The van der Waals surface area contributed by atoms with Crippen LogP contribution in [0.1, 0.15) is 37.1 Å². The van der Waals surface area contributed by atoms with Crippen molar-refractivity contribution in [2.24, 2.45) is 11.8 Å². The first-order valence-corrected chi connectivity index (χ1v) is 11.4. The molecule has 0 amide bonds. The summed E-state index contributed by atoms with van der Waals surface area (Å²) >= 11 is 0. The summed E-state index contributed by atoms with van der Waals surface area (Å²) in [6.07, 6.45) is -1.29. The topological polar surface area (TPSA) is 66.6 Å². The first-order chi connectivity index (χ1) is 16.6. The van der Waals surface area contributed by atoms with E-state index in [1.54, 1.807) is 6.08 Å². The van der Waals surface area contributed by atoms with Crippen LogP contribution in [0.4, 0.5) is 13.2 Å². The molecule has 0 spiro atoms. The molecule has 2 aromatic carbocycles. The molecule has 3 atom stereocenters. The van der Waals surface area contributed by atoms with Gasteiger partial charge in [0.1, 0.15) is 6.07 Å². The van der Waals surface area contributed by atoms with Crippen LogP contribution in [-0.4, -0.2) is 15.8 Å². The number of aromatic nitrogens is 2. The predicted molar refractivity (Wildman–Crippen MR) is 125 cm³/mol. The molecule has 2 unspecified atom stereocenters. The molecule has 5 rings (SSSR count). The van der Waals surface area contributed by atoms with Crippen LogP contribution in [0.25, 0.3) is 22.6 Å². The Balaban J connectivity index is 1.76. The summed E-state index contributed by atoms with van der Waals surface area (Å²) in [5, 5.41) is 9.63. The van der Waals surface area contributed by atoms with Crippen molar-refractivity contribution < 1.29 is 18.0 Å². The van der Waals surface area contributed by atoms with Crippen LogP contribution in [0.5, 0.6) is 0 Å². The van der Waals surface area contributed by atoms with Gasteiger partial charge in [-0.2, -0.15) is 18.4 Å². The number of hydrogen-bond acceptors (Lipinski definition) is 4. The average Bonchev–Trinajstić information content (AvgIpc) is 2.86. The van der Waals surface area contributed by atoms with E-state index in [9.17, 15) is 23.2 Å². The Morgan fingerprint density at radius 2 is 1.71 bits per heavy atom. The normalized spacial score (nSPS) is 23.7. The van der Waals surface area contributed by atoms with Crippen LogP contribution in [0, 0.1) is 23.2 Å². The number of fused-ring (bicyclic) bond motifs is 3. The molecule has 7 heteroatoms. The molecule has 0 aliphatic heterocycles. The third-order valence-corrected chi connectivity index (χ3v) is 7.36. The highest BCUT2D eigenvalue weighted by Crippen LogP contribution is 2.50. The van der Waals surface area contributed by atoms with Crippen molar-refractivity contribution in [1.82, 2.24) is 9.97 Å². The molecule has 0 fully saturated rings. The highest BCUT2D eigenvalue weighted by molar-refractivity contribution is 6.02. The molecule has 35 heavy (non-hydrogen) atoms. The van der Waals surface area contributed by atoms with E-state index in [0.29, 0.717) is 17.8 Å². The molecule has 2 aliphatic carbocycles. The van der Waals surface area contributed by atoms with Gasteiger partial charge in [-0.05, 0) is 30.9 Å². The van der Waals surface area contributed by atoms with Crippen molar-refractivity contribution in [1.29, 1.82) is 5.26 Å². The van der Waals surface area contributed by atoms with Crippen molar-refractivity contribution in [3.63, 3.8) is 0 Å². The van der Waals surface area contributed by atoms with E-state index in [1.165, 1.54) is 12.1 Å². The number of rotatable bonds is 2. The molecule has 1 aromatic heterocycles. The van der Waals surface area contributed by atoms with Crippen molar-refractivity contribution in [3.05, 3.63) is 83.1 Å². The van der Waals surface area contributed by atoms with E-state index in [4.69, 9.17) is 9.97 Å². The van der Waals surface area contributed by atoms with Gasteiger partial charge >= 0.3 is 6.18 Å². The van der Waals surface area contributed by atoms with E-state index in [1.807, 2.05) is 50.2 Å². The minimum absolute atomic E-state index is 0.0430. The van der Waals surface area contributed by atoms with E-state index >= 15 is 0 Å². The van der Waals surface area contributed by atoms with Crippen LogP contribution in [0.3, 0.4) is 0 Å². The zero-order chi connectivity index (χ0) is 25.0. The Labute approximate surface area is 201 Å². The summed E-state index contributed by atoms with van der Waals surface area (Å²) in [6.45, 7) is 3.85. The second-order valence-corrected chi connectivity index (χ2v) is 9.41. The second-order valence-electron chi connectivity index (χ2n) is 9.41. The van der Waals surface area contributed by atoms with E-state index in [2.05, 4.69) is 0 Å². The Kier molecular flexibility index (Phi) is 5.36. The number of allylic oxidation sites excluding steroid dienone is 2. The summed E-state index contributed by atoms with van der Waals surface area (Å²) in [4.78, 5) is 22.4. The molecule has 3 aromatic rings. The number of nitrogens with zero attached hydrogens (tertiary/aromatic N) is 3. The van der Waals surface area contributed by atoms with Crippen molar-refractivity contribution in [3.8, 4) is 28.7 Å². The Bertz CT molecular complexity index is 1390. The number of benzene rings is 2. The fourth-order valence-electron chi connectivity index (χ4n) is 5.54. The fourth-order valence-corrected chi connectivity index (χ4v) is 5.54. The molecule has 0 bridgehead atoms. The largest absolute Gasteiger partial charge is 0.416 e. The SMILES string of the molecule is CC1C(=O)C(C#N)=C[C@@]2(C)c3nc(-c4ccc(C(F)(F)F)cc4)nc(-c4ccccc4)c3CCC12. The van der Waals surface area contributed by atoms with Crippen LogP contribution in [0.2, 0.25) is 0 Å². The standard InChI is InChI=1S/C28H22F3N3O/c1-16-22-13-12-21-23(17-6-4-3-5-7-17)33-26(18-8-10-20(11-9-18)28(29,30)31)34-25(21)27(22,2)14-19(15-32)24(16)35/h3-11,14,16,22H,12-13H2,1-2H3/t16?,22?,27-/m1/s1. The van der Waals surface area contributed by atoms with Crippen LogP contribution in [0.15, 0.2) is 66.2 Å². The van der Waals surface area contributed by atoms with Gasteiger partial charge in [-0.3, -0.25) is 4.79 Å².